The Morgan fingerprint density at radius 1 is 1.36 bits per heavy atom. The van der Waals surface area contributed by atoms with Crippen molar-refractivity contribution in [1.82, 2.24) is 4.57 Å². The zero-order chi connectivity index (χ0) is 17.8. The van der Waals surface area contributed by atoms with E-state index in [1.54, 1.807) is 34.2 Å². The van der Waals surface area contributed by atoms with Gasteiger partial charge in [0.15, 0.2) is 6.79 Å². The van der Waals surface area contributed by atoms with E-state index in [4.69, 9.17) is 9.47 Å². The van der Waals surface area contributed by atoms with Gasteiger partial charge in [0, 0.05) is 36.8 Å². The molecular formula is C18H14N2O4S. The van der Waals surface area contributed by atoms with Crippen LogP contribution in [0.25, 0.3) is 16.8 Å². The fraction of sp³-hybridized carbons (Fsp3) is 0.111. The normalized spacial score (nSPS) is 10.4. The summed E-state index contributed by atoms with van der Waals surface area (Å²) in [4.78, 5) is 11.3. The summed E-state index contributed by atoms with van der Waals surface area (Å²) in [6, 6.07) is 8.89. The lowest BCUT2D eigenvalue weighted by molar-refractivity contribution is 0.0483. The van der Waals surface area contributed by atoms with Crippen LogP contribution in [0, 0.1) is 11.3 Å². The highest BCUT2D eigenvalue weighted by atomic mass is 32.1. The number of hydrogen-bond donors (Lipinski definition) is 1. The zero-order valence-corrected chi connectivity index (χ0v) is 14.1. The maximum Gasteiger partial charge on any atom is 0.339 e. The number of nitriles is 1. The largest absolute Gasteiger partial charge is 0.478 e. The summed E-state index contributed by atoms with van der Waals surface area (Å²) in [6.07, 6.45) is 3.55. The number of carboxylic acids is 1. The Morgan fingerprint density at radius 3 is 2.84 bits per heavy atom. The Kier molecular flexibility index (Phi) is 4.84. The van der Waals surface area contributed by atoms with Gasteiger partial charge in [0.1, 0.15) is 17.4 Å². The van der Waals surface area contributed by atoms with Crippen molar-refractivity contribution in [2.75, 3.05) is 13.9 Å². The van der Waals surface area contributed by atoms with Crippen molar-refractivity contribution in [2.24, 2.45) is 0 Å². The number of carbonyl (C=O) groups is 1. The molecule has 0 radical (unpaired) electrons. The number of thiophene rings is 1. The number of rotatable bonds is 6. The molecule has 0 spiro atoms. The quantitative estimate of drug-likeness (QED) is 0.681. The first-order valence-electron chi connectivity index (χ1n) is 7.28. The van der Waals surface area contributed by atoms with E-state index in [1.165, 1.54) is 13.2 Å². The average Bonchev–Trinajstić information content (AvgIpc) is 3.28. The van der Waals surface area contributed by atoms with Crippen LogP contribution in [0.2, 0.25) is 0 Å². The Hall–Kier alpha value is -3.08. The minimum atomic E-state index is -1.08. The van der Waals surface area contributed by atoms with Gasteiger partial charge in [0.2, 0.25) is 0 Å². The molecular weight excluding hydrogens is 340 g/mol. The molecule has 0 saturated heterocycles. The minimum absolute atomic E-state index is 0.0477. The summed E-state index contributed by atoms with van der Waals surface area (Å²) in [5, 5.41) is 22.6. The lowest BCUT2D eigenvalue weighted by Crippen LogP contribution is -2.06. The van der Waals surface area contributed by atoms with E-state index in [-0.39, 0.29) is 18.1 Å². The molecule has 0 aliphatic heterocycles. The monoisotopic (exact) mass is 354 g/mol. The standard InChI is InChI=1S/C18H14N2O4S/c1-23-11-24-17-6-14(2-3-15(17)18(21)22)20-8-13(7-19)16(9-20)12-4-5-25-10-12/h2-6,8-10H,11H2,1H3,(H,21,22). The lowest BCUT2D eigenvalue weighted by Gasteiger charge is -2.11. The summed E-state index contributed by atoms with van der Waals surface area (Å²) < 4.78 is 12.0. The summed E-state index contributed by atoms with van der Waals surface area (Å²) >= 11 is 1.56. The summed E-state index contributed by atoms with van der Waals surface area (Å²) in [7, 11) is 1.46. The van der Waals surface area contributed by atoms with E-state index in [0.29, 0.717) is 11.3 Å². The highest BCUT2D eigenvalue weighted by molar-refractivity contribution is 7.08. The third-order valence-corrected chi connectivity index (χ3v) is 4.29. The van der Waals surface area contributed by atoms with E-state index < -0.39 is 5.97 Å². The average molecular weight is 354 g/mol. The van der Waals surface area contributed by atoms with E-state index >= 15 is 0 Å². The van der Waals surface area contributed by atoms with Crippen molar-refractivity contribution in [3.8, 4) is 28.6 Å². The van der Waals surface area contributed by atoms with Gasteiger partial charge in [0.25, 0.3) is 0 Å². The maximum absolute atomic E-state index is 11.3. The van der Waals surface area contributed by atoms with Gasteiger partial charge in [-0.3, -0.25) is 0 Å². The highest BCUT2D eigenvalue weighted by Crippen LogP contribution is 2.29. The number of aromatic nitrogens is 1. The lowest BCUT2D eigenvalue weighted by atomic mass is 10.1. The van der Waals surface area contributed by atoms with Gasteiger partial charge in [-0.15, -0.1) is 0 Å². The van der Waals surface area contributed by atoms with Crippen molar-refractivity contribution >= 4 is 17.3 Å². The van der Waals surface area contributed by atoms with E-state index in [1.807, 2.05) is 23.0 Å². The van der Waals surface area contributed by atoms with Crippen LogP contribution in [0.4, 0.5) is 0 Å². The molecule has 7 heteroatoms. The maximum atomic E-state index is 11.3. The molecule has 3 aromatic rings. The van der Waals surface area contributed by atoms with Gasteiger partial charge in [-0.25, -0.2) is 4.79 Å². The molecule has 126 valence electrons. The Labute approximate surface area is 148 Å². The van der Waals surface area contributed by atoms with Gasteiger partial charge in [-0.1, -0.05) is 0 Å². The second-order valence-corrected chi connectivity index (χ2v) is 5.93. The smallest absolute Gasteiger partial charge is 0.339 e. The number of nitrogens with zero attached hydrogens (tertiary/aromatic N) is 2. The van der Waals surface area contributed by atoms with Crippen LogP contribution in [0.15, 0.2) is 47.4 Å². The minimum Gasteiger partial charge on any atom is -0.478 e. The summed E-state index contributed by atoms with van der Waals surface area (Å²) in [5.41, 5.74) is 3.07. The number of benzene rings is 1. The predicted molar refractivity (Wildman–Crippen MR) is 93.3 cm³/mol. The van der Waals surface area contributed by atoms with E-state index in [0.717, 1.165) is 11.1 Å². The topological polar surface area (TPSA) is 84.5 Å². The molecule has 2 heterocycles. The van der Waals surface area contributed by atoms with Gasteiger partial charge in [0.05, 0.1) is 5.56 Å². The highest BCUT2D eigenvalue weighted by Gasteiger charge is 2.15. The SMILES string of the molecule is COCOc1cc(-n2cc(C#N)c(-c3ccsc3)c2)ccc1C(=O)O. The van der Waals surface area contributed by atoms with E-state index in [2.05, 4.69) is 6.07 Å². The van der Waals surface area contributed by atoms with Crippen molar-refractivity contribution in [2.45, 2.75) is 0 Å². The number of ether oxygens (including phenoxy) is 2. The molecule has 0 saturated carbocycles. The van der Waals surface area contributed by atoms with Crippen LogP contribution in [-0.4, -0.2) is 29.5 Å². The molecule has 0 fully saturated rings. The predicted octanol–water partition coefficient (Wildman–Crippen LogP) is 3.76. The first kappa shape index (κ1) is 16.8. The van der Waals surface area contributed by atoms with Crippen LogP contribution in [0.3, 0.4) is 0 Å². The van der Waals surface area contributed by atoms with Crippen molar-refractivity contribution in [1.29, 1.82) is 5.26 Å². The second kappa shape index (κ2) is 7.21. The molecule has 2 aromatic heterocycles. The van der Waals surface area contributed by atoms with Crippen molar-refractivity contribution < 1.29 is 19.4 Å². The fourth-order valence-corrected chi connectivity index (χ4v) is 3.09. The third-order valence-electron chi connectivity index (χ3n) is 3.61. The Morgan fingerprint density at radius 2 is 2.20 bits per heavy atom. The molecule has 25 heavy (non-hydrogen) atoms. The van der Waals surface area contributed by atoms with Gasteiger partial charge >= 0.3 is 5.97 Å². The Balaban J connectivity index is 2.05. The number of aromatic carboxylic acids is 1. The molecule has 0 atom stereocenters. The van der Waals surface area contributed by atoms with Crippen LogP contribution in [0.5, 0.6) is 5.75 Å². The summed E-state index contributed by atoms with van der Waals surface area (Å²) in [5.74, 6) is -0.877. The number of methoxy groups -OCH3 is 1. The second-order valence-electron chi connectivity index (χ2n) is 5.15. The molecule has 0 unspecified atom stereocenters. The molecule has 0 aliphatic carbocycles. The third kappa shape index (κ3) is 3.40. The fourth-order valence-electron chi connectivity index (χ4n) is 2.43. The van der Waals surface area contributed by atoms with Crippen LogP contribution < -0.4 is 4.74 Å². The van der Waals surface area contributed by atoms with Gasteiger partial charge < -0.3 is 19.1 Å². The molecule has 0 aliphatic rings. The molecule has 1 aromatic carbocycles. The molecule has 3 rings (SSSR count). The first-order valence-corrected chi connectivity index (χ1v) is 8.22. The van der Waals surface area contributed by atoms with Gasteiger partial charge in [-0.2, -0.15) is 16.6 Å². The van der Waals surface area contributed by atoms with Gasteiger partial charge in [-0.05, 0) is 34.5 Å². The molecule has 0 amide bonds. The summed E-state index contributed by atoms with van der Waals surface area (Å²) in [6.45, 7) is -0.0565. The van der Waals surface area contributed by atoms with Crippen LogP contribution in [-0.2, 0) is 4.74 Å². The zero-order valence-electron chi connectivity index (χ0n) is 13.3. The molecule has 1 N–H and O–H groups in total. The van der Waals surface area contributed by atoms with Crippen LogP contribution >= 0.6 is 11.3 Å². The first-order chi connectivity index (χ1) is 12.1. The molecule has 0 bridgehead atoms. The van der Waals surface area contributed by atoms with Crippen LogP contribution in [0.1, 0.15) is 15.9 Å². The number of hydrogen-bond acceptors (Lipinski definition) is 5. The van der Waals surface area contributed by atoms with E-state index in [9.17, 15) is 15.2 Å². The number of carboxylic acid groups (broad SMARTS) is 1. The van der Waals surface area contributed by atoms with Crippen molar-refractivity contribution in [3.05, 3.63) is 58.5 Å². The van der Waals surface area contributed by atoms with Crippen molar-refractivity contribution in [3.63, 3.8) is 0 Å². The molecule has 6 nitrogen and oxygen atoms in total. The Bertz CT molecular complexity index is 939.